The average Bonchev–Trinajstić information content (AvgIpc) is 2.47. The van der Waals surface area contributed by atoms with Gasteiger partial charge in [0.05, 0.1) is 12.7 Å². The summed E-state index contributed by atoms with van der Waals surface area (Å²) in [4.78, 5) is 14.2. The Morgan fingerprint density at radius 3 is 2.30 bits per heavy atom. The molecule has 20 heavy (non-hydrogen) atoms. The molecule has 0 saturated carbocycles. The van der Waals surface area contributed by atoms with E-state index in [0.29, 0.717) is 11.3 Å². The van der Waals surface area contributed by atoms with E-state index >= 15 is 0 Å². The Labute approximate surface area is 119 Å². The van der Waals surface area contributed by atoms with Gasteiger partial charge in [0.15, 0.2) is 0 Å². The van der Waals surface area contributed by atoms with Crippen molar-refractivity contribution in [1.29, 1.82) is 0 Å². The molecule has 2 aromatic rings. The van der Waals surface area contributed by atoms with Crippen LogP contribution < -0.4 is 15.0 Å². The predicted molar refractivity (Wildman–Crippen MR) is 81.7 cm³/mol. The highest BCUT2D eigenvalue weighted by molar-refractivity contribution is 6.06. The van der Waals surface area contributed by atoms with Crippen LogP contribution in [0.15, 0.2) is 48.5 Å². The SMILES string of the molecule is COc1ccccc1C(=O)Nc1ccc(N(C)C)cc1. The van der Waals surface area contributed by atoms with Crippen LogP contribution in [0.25, 0.3) is 0 Å². The maximum Gasteiger partial charge on any atom is 0.259 e. The molecule has 1 amide bonds. The fourth-order valence-electron chi connectivity index (χ4n) is 1.87. The summed E-state index contributed by atoms with van der Waals surface area (Å²) >= 11 is 0. The van der Waals surface area contributed by atoms with Gasteiger partial charge in [-0.25, -0.2) is 0 Å². The maximum absolute atomic E-state index is 12.2. The molecular formula is C16H18N2O2. The predicted octanol–water partition coefficient (Wildman–Crippen LogP) is 3.01. The lowest BCUT2D eigenvalue weighted by Crippen LogP contribution is -2.13. The number of para-hydroxylation sites is 1. The zero-order valence-electron chi connectivity index (χ0n) is 11.9. The molecule has 0 spiro atoms. The van der Waals surface area contributed by atoms with Crippen LogP contribution in [0.5, 0.6) is 5.75 Å². The molecule has 1 N–H and O–H groups in total. The Morgan fingerprint density at radius 2 is 1.70 bits per heavy atom. The molecule has 0 fully saturated rings. The van der Waals surface area contributed by atoms with Gasteiger partial charge in [-0.1, -0.05) is 12.1 Å². The zero-order valence-corrected chi connectivity index (χ0v) is 11.9. The third kappa shape index (κ3) is 3.09. The van der Waals surface area contributed by atoms with Crippen molar-refractivity contribution in [3.8, 4) is 5.75 Å². The van der Waals surface area contributed by atoms with Crippen LogP contribution in [0.2, 0.25) is 0 Å². The van der Waals surface area contributed by atoms with Crippen molar-refractivity contribution in [3.05, 3.63) is 54.1 Å². The van der Waals surface area contributed by atoms with Crippen LogP contribution in [-0.2, 0) is 0 Å². The first-order valence-corrected chi connectivity index (χ1v) is 6.33. The van der Waals surface area contributed by atoms with Gasteiger partial charge in [-0.2, -0.15) is 0 Å². The lowest BCUT2D eigenvalue weighted by molar-refractivity contribution is 0.102. The van der Waals surface area contributed by atoms with Crippen molar-refractivity contribution in [2.24, 2.45) is 0 Å². The van der Waals surface area contributed by atoms with Crippen molar-refractivity contribution in [3.63, 3.8) is 0 Å². The number of nitrogens with one attached hydrogen (secondary N) is 1. The van der Waals surface area contributed by atoms with E-state index in [2.05, 4.69) is 5.32 Å². The molecule has 4 nitrogen and oxygen atoms in total. The Balaban J connectivity index is 2.15. The molecule has 0 unspecified atom stereocenters. The summed E-state index contributed by atoms with van der Waals surface area (Å²) in [6, 6.07) is 14.8. The van der Waals surface area contributed by atoms with Gasteiger partial charge in [-0.15, -0.1) is 0 Å². The van der Waals surface area contributed by atoms with Crippen molar-refractivity contribution < 1.29 is 9.53 Å². The largest absolute Gasteiger partial charge is 0.496 e. The minimum absolute atomic E-state index is 0.181. The van der Waals surface area contributed by atoms with Gasteiger partial charge in [-0.3, -0.25) is 4.79 Å². The molecule has 2 rings (SSSR count). The van der Waals surface area contributed by atoms with Crippen LogP contribution >= 0.6 is 0 Å². The maximum atomic E-state index is 12.2. The first-order chi connectivity index (χ1) is 9.61. The van der Waals surface area contributed by atoms with E-state index < -0.39 is 0 Å². The topological polar surface area (TPSA) is 41.6 Å². The van der Waals surface area contributed by atoms with E-state index in [-0.39, 0.29) is 5.91 Å². The quantitative estimate of drug-likeness (QED) is 0.928. The van der Waals surface area contributed by atoms with Gasteiger partial charge in [0, 0.05) is 25.5 Å². The summed E-state index contributed by atoms with van der Waals surface area (Å²) in [7, 11) is 5.50. The van der Waals surface area contributed by atoms with Crippen molar-refractivity contribution in [1.82, 2.24) is 0 Å². The molecule has 0 aliphatic carbocycles. The number of anilines is 2. The number of carbonyl (C=O) groups excluding carboxylic acids is 1. The molecule has 4 heteroatoms. The molecule has 0 aromatic heterocycles. The van der Waals surface area contributed by atoms with Gasteiger partial charge in [0.25, 0.3) is 5.91 Å². The third-order valence-corrected chi connectivity index (χ3v) is 2.99. The summed E-state index contributed by atoms with van der Waals surface area (Å²) in [6.45, 7) is 0. The number of nitrogens with zero attached hydrogens (tertiary/aromatic N) is 1. The summed E-state index contributed by atoms with van der Waals surface area (Å²) < 4.78 is 5.19. The minimum Gasteiger partial charge on any atom is -0.496 e. The van der Waals surface area contributed by atoms with Crippen molar-refractivity contribution >= 4 is 17.3 Å². The van der Waals surface area contributed by atoms with E-state index in [0.717, 1.165) is 11.4 Å². The lowest BCUT2D eigenvalue weighted by Gasteiger charge is -2.13. The molecule has 0 atom stereocenters. The van der Waals surface area contributed by atoms with Crippen LogP contribution in [0.3, 0.4) is 0 Å². The number of carbonyl (C=O) groups is 1. The summed E-state index contributed by atoms with van der Waals surface area (Å²) in [5.41, 5.74) is 2.36. The lowest BCUT2D eigenvalue weighted by atomic mass is 10.2. The van der Waals surface area contributed by atoms with E-state index in [1.165, 1.54) is 0 Å². The molecule has 0 aliphatic rings. The molecule has 0 aliphatic heterocycles. The first kappa shape index (κ1) is 13.9. The number of methoxy groups -OCH3 is 1. The van der Waals surface area contributed by atoms with Gasteiger partial charge >= 0.3 is 0 Å². The number of rotatable bonds is 4. The van der Waals surface area contributed by atoms with Crippen molar-refractivity contribution in [2.45, 2.75) is 0 Å². The summed E-state index contributed by atoms with van der Waals surface area (Å²) in [5.74, 6) is 0.384. The highest BCUT2D eigenvalue weighted by atomic mass is 16.5. The Hall–Kier alpha value is -2.49. The zero-order chi connectivity index (χ0) is 14.5. The Kier molecular flexibility index (Phi) is 4.25. The molecule has 0 radical (unpaired) electrons. The van der Waals surface area contributed by atoms with Crippen LogP contribution in [0, 0.1) is 0 Å². The molecular weight excluding hydrogens is 252 g/mol. The second-order valence-electron chi connectivity index (χ2n) is 4.60. The van der Waals surface area contributed by atoms with Crippen molar-refractivity contribution in [2.75, 3.05) is 31.4 Å². The highest BCUT2D eigenvalue weighted by Gasteiger charge is 2.11. The van der Waals surface area contributed by atoms with Crippen LogP contribution in [0.1, 0.15) is 10.4 Å². The smallest absolute Gasteiger partial charge is 0.259 e. The Bertz CT molecular complexity index is 592. The Morgan fingerprint density at radius 1 is 1.05 bits per heavy atom. The number of amides is 1. The minimum atomic E-state index is -0.181. The van der Waals surface area contributed by atoms with Gasteiger partial charge < -0.3 is 15.0 Å². The standard InChI is InChI=1S/C16H18N2O2/c1-18(2)13-10-8-12(9-11-13)17-16(19)14-6-4-5-7-15(14)20-3/h4-11H,1-3H3,(H,17,19). The first-order valence-electron chi connectivity index (χ1n) is 6.33. The number of ether oxygens (including phenoxy) is 1. The number of hydrogen-bond donors (Lipinski definition) is 1. The van der Waals surface area contributed by atoms with E-state index in [1.54, 1.807) is 19.2 Å². The third-order valence-electron chi connectivity index (χ3n) is 2.99. The highest BCUT2D eigenvalue weighted by Crippen LogP contribution is 2.20. The van der Waals surface area contributed by atoms with Gasteiger partial charge in [-0.05, 0) is 36.4 Å². The summed E-state index contributed by atoms with van der Waals surface area (Å²) in [6.07, 6.45) is 0. The second kappa shape index (κ2) is 6.10. The fraction of sp³-hybridized carbons (Fsp3) is 0.188. The van der Waals surface area contributed by atoms with Crippen LogP contribution in [0.4, 0.5) is 11.4 Å². The van der Waals surface area contributed by atoms with E-state index in [9.17, 15) is 4.79 Å². The molecule has 0 saturated heterocycles. The normalized spacial score (nSPS) is 9.95. The van der Waals surface area contributed by atoms with E-state index in [4.69, 9.17) is 4.74 Å². The summed E-state index contributed by atoms with van der Waals surface area (Å²) in [5, 5.41) is 2.86. The molecule has 0 bridgehead atoms. The monoisotopic (exact) mass is 270 g/mol. The number of benzene rings is 2. The average molecular weight is 270 g/mol. The van der Waals surface area contributed by atoms with Crippen LogP contribution in [-0.4, -0.2) is 27.1 Å². The molecule has 2 aromatic carbocycles. The molecule has 104 valence electrons. The molecule has 0 heterocycles. The van der Waals surface area contributed by atoms with Gasteiger partial charge in [0.2, 0.25) is 0 Å². The second-order valence-corrected chi connectivity index (χ2v) is 4.60. The number of hydrogen-bond acceptors (Lipinski definition) is 3. The van der Waals surface area contributed by atoms with Gasteiger partial charge in [0.1, 0.15) is 5.75 Å². The fourth-order valence-corrected chi connectivity index (χ4v) is 1.87. The van der Waals surface area contributed by atoms with E-state index in [1.807, 2.05) is 55.4 Å².